The molecule has 0 N–H and O–H groups in total. The Morgan fingerprint density at radius 3 is 2.48 bits per heavy atom. The SMILES string of the molecule is CCCCCCCCC(=O)C(C#N)c1ccc(F)cc1F. The molecule has 114 valence electrons. The first-order valence-corrected chi connectivity index (χ1v) is 7.47. The van der Waals surface area contributed by atoms with Crippen LogP contribution < -0.4 is 0 Å². The lowest BCUT2D eigenvalue weighted by Crippen LogP contribution is -2.12. The lowest BCUT2D eigenvalue weighted by atomic mass is 9.92. The van der Waals surface area contributed by atoms with E-state index in [4.69, 9.17) is 5.26 Å². The third-order valence-electron chi connectivity index (χ3n) is 3.50. The molecule has 0 radical (unpaired) electrons. The van der Waals surface area contributed by atoms with Crippen LogP contribution in [0.5, 0.6) is 0 Å². The number of Topliss-reactive ketones (excluding diaryl/α,β-unsaturated/α-hetero) is 1. The van der Waals surface area contributed by atoms with Crippen LogP contribution >= 0.6 is 0 Å². The lowest BCUT2D eigenvalue weighted by molar-refractivity contribution is -0.119. The standard InChI is InChI=1S/C17H21F2NO/c1-2-3-4-5-6-7-8-17(21)15(12-20)14-10-9-13(18)11-16(14)19/h9-11,15H,2-8H2,1H3. The van der Waals surface area contributed by atoms with Crippen molar-refractivity contribution >= 4 is 5.78 Å². The minimum absolute atomic E-state index is 0.0325. The Balaban J connectivity index is 2.52. The van der Waals surface area contributed by atoms with Crippen molar-refractivity contribution in [3.05, 3.63) is 35.4 Å². The Bertz CT molecular complexity index is 508. The molecule has 0 saturated carbocycles. The molecular formula is C17H21F2NO. The van der Waals surface area contributed by atoms with E-state index in [1.807, 2.05) is 6.07 Å². The van der Waals surface area contributed by atoms with Crippen LogP contribution in [0.3, 0.4) is 0 Å². The zero-order valence-corrected chi connectivity index (χ0v) is 12.4. The first-order valence-electron chi connectivity index (χ1n) is 7.47. The number of halogens is 2. The molecule has 0 aliphatic rings. The Hall–Kier alpha value is -1.76. The molecule has 21 heavy (non-hydrogen) atoms. The quantitative estimate of drug-likeness (QED) is 0.608. The fraction of sp³-hybridized carbons (Fsp3) is 0.529. The van der Waals surface area contributed by atoms with E-state index in [2.05, 4.69) is 6.92 Å². The lowest BCUT2D eigenvalue weighted by Gasteiger charge is -2.09. The normalized spacial score (nSPS) is 11.9. The van der Waals surface area contributed by atoms with Gasteiger partial charge in [-0.15, -0.1) is 0 Å². The number of unbranched alkanes of at least 4 members (excludes halogenated alkanes) is 5. The van der Waals surface area contributed by atoms with Crippen LogP contribution in [0.25, 0.3) is 0 Å². The van der Waals surface area contributed by atoms with Crippen LogP contribution in [-0.2, 0) is 4.79 Å². The van der Waals surface area contributed by atoms with Gasteiger partial charge in [-0.1, -0.05) is 45.1 Å². The maximum absolute atomic E-state index is 13.6. The van der Waals surface area contributed by atoms with Gasteiger partial charge in [0.2, 0.25) is 0 Å². The summed E-state index contributed by atoms with van der Waals surface area (Å²) in [5, 5.41) is 9.09. The molecule has 2 nitrogen and oxygen atoms in total. The number of nitriles is 1. The van der Waals surface area contributed by atoms with Gasteiger partial charge in [-0.2, -0.15) is 5.26 Å². The van der Waals surface area contributed by atoms with Gasteiger partial charge in [0.25, 0.3) is 0 Å². The summed E-state index contributed by atoms with van der Waals surface area (Å²) >= 11 is 0. The smallest absolute Gasteiger partial charge is 0.154 e. The first-order chi connectivity index (χ1) is 10.1. The van der Waals surface area contributed by atoms with Crippen LogP contribution in [0.4, 0.5) is 8.78 Å². The summed E-state index contributed by atoms with van der Waals surface area (Å²) in [7, 11) is 0. The molecule has 0 amide bonds. The fourth-order valence-corrected chi connectivity index (χ4v) is 2.27. The molecule has 0 heterocycles. The van der Waals surface area contributed by atoms with Crippen molar-refractivity contribution in [3.63, 3.8) is 0 Å². The van der Waals surface area contributed by atoms with Crippen molar-refractivity contribution in [2.45, 2.75) is 57.8 Å². The van der Waals surface area contributed by atoms with E-state index < -0.39 is 17.6 Å². The largest absolute Gasteiger partial charge is 0.298 e. The van der Waals surface area contributed by atoms with Crippen LogP contribution in [-0.4, -0.2) is 5.78 Å². The molecule has 1 atom stereocenters. The van der Waals surface area contributed by atoms with Crippen LogP contribution in [0.2, 0.25) is 0 Å². The molecule has 0 saturated heterocycles. The summed E-state index contributed by atoms with van der Waals surface area (Å²) in [6, 6.07) is 4.78. The highest BCUT2D eigenvalue weighted by atomic mass is 19.1. The van der Waals surface area contributed by atoms with Gasteiger partial charge in [0.1, 0.15) is 17.6 Å². The number of hydrogen-bond acceptors (Lipinski definition) is 2. The molecular weight excluding hydrogens is 272 g/mol. The van der Waals surface area contributed by atoms with Gasteiger partial charge in [0.05, 0.1) is 6.07 Å². The summed E-state index contributed by atoms with van der Waals surface area (Å²) < 4.78 is 26.5. The Morgan fingerprint density at radius 1 is 1.19 bits per heavy atom. The molecule has 4 heteroatoms. The molecule has 0 spiro atoms. The summed E-state index contributed by atoms with van der Waals surface area (Å²) in [5.41, 5.74) is -0.0325. The number of rotatable bonds is 9. The molecule has 1 rings (SSSR count). The van der Waals surface area contributed by atoms with E-state index in [1.165, 1.54) is 18.9 Å². The van der Waals surface area contributed by atoms with Crippen molar-refractivity contribution in [3.8, 4) is 6.07 Å². The van der Waals surface area contributed by atoms with E-state index in [9.17, 15) is 13.6 Å². The number of ketones is 1. The second-order valence-electron chi connectivity index (χ2n) is 5.21. The number of carbonyl (C=O) groups excluding carboxylic acids is 1. The Morgan fingerprint density at radius 2 is 1.86 bits per heavy atom. The Labute approximate surface area is 124 Å². The van der Waals surface area contributed by atoms with Gasteiger partial charge in [-0.3, -0.25) is 4.79 Å². The number of benzene rings is 1. The molecule has 1 aromatic carbocycles. The van der Waals surface area contributed by atoms with E-state index in [0.717, 1.165) is 25.3 Å². The van der Waals surface area contributed by atoms with Crippen molar-refractivity contribution in [2.75, 3.05) is 0 Å². The van der Waals surface area contributed by atoms with Crippen LogP contribution in [0.1, 0.15) is 63.4 Å². The minimum atomic E-state index is -1.14. The highest BCUT2D eigenvalue weighted by Gasteiger charge is 2.23. The van der Waals surface area contributed by atoms with Gasteiger partial charge in [0.15, 0.2) is 5.78 Å². The summed E-state index contributed by atoms with van der Waals surface area (Å²) in [5.74, 6) is -2.98. The fourth-order valence-electron chi connectivity index (χ4n) is 2.27. The molecule has 0 aliphatic heterocycles. The topological polar surface area (TPSA) is 40.9 Å². The van der Waals surface area contributed by atoms with Gasteiger partial charge in [-0.25, -0.2) is 8.78 Å². The van der Waals surface area contributed by atoms with Crippen LogP contribution in [0.15, 0.2) is 18.2 Å². The average molecular weight is 293 g/mol. The van der Waals surface area contributed by atoms with E-state index >= 15 is 0 Å². The van der Waals surface area contributed by atoms with Gasteiger partial charge in [-0.05, 0) is 12.5 Å². The summed E-state index contributed by atoms with van der Waals surface area (Å²) in [4.78, 5) is 12.0. The average Bonchev–Trinajstić information content (AvgIpc) is 2.45. The number of hydrogen-bond donors (Lipinski definition) is 0. The molecule has 0 aromatic heterocycles. The van der Waals surface area contributed by atoms with E-state index in [0.29, 0.717) is 12.5 Å². The third-order valence-corrected chi connectivity index (χ3v) is 3.50. The van der Waals surface area contributed by atoms with Crippen molar-refractivity contribution < 1.29 is 13.6 Å². The van der Waals surface area contributed by atoms with E-state index in [1.54, 1.807) is 0 Å². The maximum Gasteiger partial charge on any atom is 0.154 e. The molecule has 1 unspecified atom stereocenters. The predicted molar refractivity (Wildman–Crippen MR) is 77.7 cm³/mol. The monoisotopic (exact) mass is 293 g/mol. The Kier molecular flexibility index (Phi) is 7.60. The highest BCUT2D eigenvalue weighted by molar-refractivity contribution is 5.88. The van der Waals surface area contributed by atoms with Crippen molar-refractivity contribution in [2.24, 2.45) is 0 Å². The van der Waals surface area contributed by atoms with Gasteiger partial charge < -0.3 is 0 Å². The third kappa shape index (κ3) is 5.63. The molecule has 0 bridgehead atoms. The molecule has 1 aromatic rings. The van der Waals surface area contributed by atoms with E-state index in [-0.39, 0.29) is 17.8 Å². The zero-order chi connectivity index (χ0) is 15.7. The first kappa shape index (κ1) is 17.3. The van der Waals surface area contributed by atoms with Crippen molar-refractivity contribution in [1.29, 1.82) is 5.26 Å². The number of carbonyl (C=O) groups is 1. The van der Waals surface area contributed by atoms with Gasteiger partial charge >= 0.3 is 0 Å². The maximum atomic E-state index is 13.6. The zero-order valence-electron chi connectivity index (χ0n) is 12.4. The second-order valence-corrected chi connectivity index (χ2v) is 5.21. The predicted octanol–water partition coefficient (Wildman–Crippen LogP) is 4.89. The second kappa shape index (κ2) is 9.23. The molecule has 0 aliphatic carbocycles. The minimum Gasteiger partial charge on any atom is -0.298 e. The summed E-state index contributed by atoms with van der Waals surface area (Å²) in [6.07, 6.45) is 6.50. The van der Waals surface area contributed by atoms with Gasteiger partial charge in [0, 0.05) is 18.1 Å². The highest BCUT2D eigenvalue weighted by Crippen LogP contribution is 2.23. The van der Waals surface area contributed by atoms with Crippen molar-refractivity contribution in [1.82, 2.24) is 0 Å². The summed E-state index contributed by atoms with van der Waals surface area (Å²) in [6.45, 7) is 2.14. The van der Waals surface area contributed by atoms with Crippen LogP contribution in [0, 0.1) is 23.0 Å². The number of nitrogens with zero attached hydrogens (tertiary/aromatic N) is 1. The molecule has 0 fully saturated rings.